The standard InChI is InChI=1S/C11H12FN5O/c1-17-6-15-10(16-17)5-14-11(18)8-4-7(13)2-3-9(8)12/h2-4,6H,5,13H2,1H3,(H,14,18). The summed E-state index contributed by atoms with van der Waals surface area (Å²) in [6, 6.07) is 3.84. The minimum Gasteiger partial charge on any atom is -0.399 e. The number of carbonyl (C=O) groups is 1. The molecule has 0 aliphatic rings. The average Bonchev–Trinajstić information content (AvgIpc) is 2.75. The van der Waals surface area contributed by atoms with Crippen LogP contribution in [-0.2, 0) is 13.6 Å². The number of nitrogen functional groups attached to an aromatic ring is 1. The number of hydrogen-bond donors (Lipinski definition) is 2. The molecule has 0 aliphatic carbocycles. The molecule has 7 heteroatoms. The van der Waals surface area contributed by atoms with Gasteiger partial charge < -0.3 is 11.1 Å². The lowest BCUT2D eigenvalue weighted by Gasteiger charge is -2.04. The summed E-state index contributed by atoms with van der Waals surface area (Å²) in [5.41, 5.74) is 5.74. The first-order valence-corrected chi connectivity index (χ1v) is 5.24. The number of amides is 1. The Kier molecular flexibility index (Phi) is 3.22. The molecule has 0 spiro atoms. The third-order valence-electron chi connectivity index (χ3n) is 2.29. The van der Waals surface area contributed by atoms with Gasteiger partial charge in [-0.25, -0.2) is 9.37 Å². The van der Waals surface area contributed by atoms with Gasteiger partial charge in [-0.15, -0.1) is 0 Å². The number of anilines is 1. The molecule has 3 N–H and O–H groups in total. The summed E-state index contributed by atoms with van der Waals surface area (Å²) in [5, 5.41) is 6.51. The topological polar surface area (TPSA) is 85.8 Å². The molecule has 0 atom stereocenters. The molecular formula is C11H12FN5O. The largest absolute Gasteiger partial charge is 0.399 e. The molecule has 94 valence electrons. The van der Waals surface area contributed by atoms with Gasteiger partial charge in [-0.1, -0.05) is 0 Å². The summed E-state index contributed by atoms with van der Waals surface area (Å²) in [6.07, 6.45) is 1.52. The number of aryl methyl sites for hydroxylation is 1. The van der Waals surface area contributed by atoms with E-state index in [1.54, 1.807) is 7.05 Å². The first kappa shape index (κ1) is 12.0. The fraction of sp³-hybridized carbons (Fsp3) is 0.182. The van der Waals surface area contributed by atoms with E-state index in [-0.39, 0.29) is 12.1 Å². The Morgan fingerprint density at radius 3 is 3.00 bits per heavy atom. The van der Waals surface area contributed by atoms with E-state index >= 15 is 0 Å². The van der Waals surface area contributed by atoms with Crippen LogP contribution in [-0.4, -0.2) is 20.7 Å². The molecule has 2 aromatic rings. The van der Waals surface area contributed by atoms with Crippen LogP contribution >= 0.6 is 0 Å². The third kappa shape index (κ3) is 2.62. The van der Waals surface area contributed by atoms with Crippen molar-refractivity contribution in [1.82, 2.24) is 20.1 Å². The zero-order valence-electron chi connectivity index (χ0n) is 9.72. The molecule has 0 radical (unpaired) electrons. The fourth-order valence-electron chi connectivity index (χ4n) is 1.44. The Bertz CT molecular complexity index is 581. The highest BCUT2D eigenvalue weighted by Crippen LogP contribution is 2.11. The second-order valence-corrected chi connectivity index (χ2v) is 3.76. The van der Waals surface area contributed by atoms with Gasteiger partial charge in [-0.2, -0.15) is 5.10 Å². The zero-order valence-corrected chi connectivity index (χ0v) is 9.72. The van der Waals surface area contributed by atoms with Gasteiger partial charge in [-0.05, 0) is 18.2 Å². The molecule has 0 aliphatic heterocycles. The summed E-state index contributed by atoms with van der Waals surface area (Å²) in [6.45, 7) is 0.133. The number of benzene rings is 1. The van der Waals surface area contributed by atoms with Crippen molar-refractivity contribution in [2.24, 2.45) is 7.05 Å². The maximum absolute atomic E-state index is 13.4. The summed E-state index contributed by atoms with van der Waals surface area (Å²) >= 11 is 0. The van der Waals surface area contributed by atoms with E-state index in [2.05, 4.69) is 15.4 Å². The van der Waals surface area contributed by atoms with E-state index in [1.807, 2.05) is 0 Å². The predicted octanol–water partition coefficient (Wildman–Crippen LogP) is 0.466. The van der Waals surface area contributed by atoms with E-state index in [9.17, 15) is 9.18 Å². The van der Waals surface area contributed by atoms with Crippen LogP contribution in [0.1, 0.15) is 16.2 Å². The molecule has 6 nitrogen and oxygen atoms in total. The van der Waals surface area contributed by atoms with Gasteiger partial charge in [0.15, 0.2) is 5.82 Å². The van der Waals surface area contributed by atoms with Crippen LogP contribution in [0.4, 0.5) is 10.1 Å². The van der Waals surface area contributed by atoms with Crippen LogP contribution < -0.4 is 11.1 Å². The van der Waals surface area contributed by atoms with Gasteiger partial charge in [0.1, 0.15) is 12.1 Å². The molecule has 1 aromatic heterocycles. The van der Waals surface area contributed by atoms with Crippen molar-refractivity contribution < 1.29 is 9.18 Å². The molecule has 0 fully saturated rings. The van der Waals surface area contributed by atoms with Gasteiger partial charge in [0.25, 0.3) is 5.91 Å². The highest BCUT2D eigenvalue weighted by atomic mass is 19.1. The Balaban J connectivity index is 2.05. The Morgan fingerprint density at radius 1 is 1.56 bits per heavy atom. The van der Waals surface area contributed by atoms with Crippen molar-refractivity contribution in [1.29, 1.82) is 0 Å². The van der Waals surface area contributed by atoms with Crippen molar-refractivity contribution in [3.63, 3.8) is 0 Å². The monoisotopic (exact) mass is 249 g/mol. The molecule has 0 bridgehead atoms. The van der Waals surface area contributed by atoms with Crippen molar-refractivity contribution in [2.45, 2.75) is 6.54 Å². The van der Waals surface area contributed by atoms with Crippen LogP contribution in [0.15, 0.2) is 24.5 Å². The number of rotatable bonds is 3. The highest BCUT2D eigenvalue weighted by molar-refractivity contribution is 5.95. The van der Waals surface area contributed by atoms with Gasteiger partial charge >= 0.3 is 0 Å². The predicted molar refractivity (Wildman–Crippen MR) is 63.0 cm³/mol. The first-order valence-electron chi connectivity index (χ1n) is 5.24. The van der Waals surface area contributed by atoms with E-state index in [0.29, 0.717) is 11.5 Å². The average molecular weight is 249 g/mol. The van der Waals surface area contributed by atoms with Crippen LogP contribution in [0, 0.1) is 5.82 Å². The molecule has 1 aromatic carbocycles. The summed E-state index contributed by atoms with van der Waals surface area (Å²) < 4.78 is 14.9. The summed E-state index contributed by atoms with van der Waals surface area (Å²) in [4.78, 5) is 15.7. The number of hydrogen-bond acceptors (Lipinski definition) is 4. The number of nitrogens with zero attached hydrogens (tertiary/aromatic N) is 3. The maximum atomic E-state index is 13.4. The zero-order chi connectivity index (χ0) is 13.1. The normalized spacial score (nSPS) is 10.3. The van der Waals surface area contributed by atoms with Crippen LogP contribution in [0.25, 0.3) is 0 Å². The number of nitrogens with two attached hydrogens (primary N) is 1. The number of carbonyl (C=O) groups excluding carboxylic acids is 1. The minimum atomic E-state index is -0.615. The van der Waals surface area contributed by atoms with Crippen molar-refractivity contribution in [3.8, 4) is 0 Å². The smallest absolute Gasteiger partial charge is 0.254 e. The lowest BCUT2D eigenvalue weighted by Crippen LogP contribution is -2.24. The van der Waals surface area contributed by atoms with Crippen LogP contribution in [0.5, 0.6) is 0 Å². The van der Waals surface area contributed by atoms with Gasteiger partial charge in [0.2, 0.25) is 0 Å². The fourth-order valence-corrected chi connectivity index (χ4v) is 1.44. The van der Waals surface area contributed by atoms with E-state index < -0.39 is 11.7 Å². The van der Waals surface area contributed by atoms with E-state index in [1.165, 1.54) is 23.1 Å². The number of aromatic nitrogens is 3. The Hall–Kier alpha value is -2.44. The molecule has 2 rings (SSSR count). The lowest BCUT2D eigenvalue weighted by atomic mass is 10.2. The second kappa shape index (κ2) is 4.82. The third-order valence-corrected chi connectivity index (χ3v) is 2.29. The summed E-state index contributed by atoms with van der Waals surface area (Å²) in [7, 11) is 1.72. The Labute approximate surface area is 103 Å². The quantitative estimate of drug-likeness (QED) is 0.774. The van der Waals surface area contributed by atoms with Gasteiger partial charge in [0.05, 0.1) is 12.1 Å². The van der Waals surface area contributed by atoms with Gasteiger partial charge in [-0.3, -0.25) is 9.48 Å². The molecule has 1 amide bonds. The number of nitrogens with one attached hydrogen (secondary N) is 1. The van der Waals surface area contributed by atoms with Crippen molar-refractivity contribution in [2.75, 3.05) is 5.73 Å². The first-order chi connectivity index (χ1) is 8.56. The molecular weight excluding hydrogens is 237 g/mol. The minimum absolute atomic E-state index is 0.0917. The SMILES string of the molecule is Cn1cnc(CNC(=O)c2cc(N)ccc2F)n1. The highest BCUT2D eigenvalue weighted by Gasteiger charge is 2.12. The van der Waals surface area contributed by atoms with Crippen molar-refractivity contribution in [3.05, 3.63) is 41.7 Å². The molecule has 0 saturated heterocycles. The van der Waals surface area contributed by atoms with Gasteiger partial charge in [0, 0.05) is 12.7 Å². The molecule has 1 heterocycles. The van der Waals surface area contributed by atoms with E-state index in [4.69, 9.17) is 5.73 Å². The maximum Gasteiger partial charge on any atom is 0.254 e. The van der Waals surface area contributed by atoms with Crippen molar-refractivity contribution >= 4 is 11.6 Å². The summed E-state index contributed by atoms with van der Waals surface area (Å²) in [5.74, 6) is -0.710. The lowest BCUT2D eigenvalue weighted by molar-refractivity contribution is 0.0946. The second-order valence-electron chi connectivity index (χ2n) is 3.76. The number of halogens is 1. The van der Waals surface area contributed by atoms with E-state index in [0.717, 1.165) is 6.07 Å². The van der Waals surface area contributed by atoms with Crippen LogP contribution in [0.3, 0.4) is 0 Å². The Morgan fingerprint density at radius 2 is 2.33 bits per heavy atom. The molecule has 18 heavy (non-hydrogen) atoms. The van der Waals surface area contributed by atoms with Crippen LogP contribution in [0.2, 0.25) is 0 Å². The molecule has 0 saturated carbocycles. The molecule has 0 unspecified atom stereocenters.